The molecule has 0 N–H and O–H groups in total. The monoisotopic (exact) mass is 329 g/mol. The molecule has 3 rings (SSSR count). The van der Waals surface area contributed by atoms with Gasteiger partial charge in [-0.15, -0.1) is 0 Å². The van der Waals surface area contributed by atoms with Crippen molar-refractivity contribution in [2.45, 2.75) is 17.9 Å². The van der Waals surface area contributed by atoms with Crippen LogP contribution in [0.3, 0.4) is 0 Å². The zero-order chi connectivity index (χ0) is 16.4. The van der Waals surface area contributed by atoms with Crippen molar-refractivity contribution in [3.8, 4) is 5.75 Å². The number of benzene rings is 2. The van der Waals surface area contributed by atoms with Gasteiger partial charge in [-0.2, -0.15) is 4.31 Å². The summed E-state index contributed by atoms with van der Waals surface area (Å²) in [5.41, 5.74) is 1.88. The summed E-state index contributed by atoms with van der Waals surface area (Å²) >= 11 is 0. The fraction of sp³-hybridized carbons (Fsp3) is 0.222. The van der Waals surface area contributed by atoms with E-state index in [0.29, 0.717) is 17.2 Å². The van der Waals surface area contributed by atoms with Gasteiger partial charge in [0.1, 0.15) is 5.75 Å². The SMILES string of the molecule is COc1ccccc1C1C=CCN1S(=O)(=O)c1ccc(C)cc1. The number of methoxy groups -OCH3 is 1. The Hall–Kier alpha value is -2.11. The molecule has 0 radical (unpaired) electrons. The zero-order valence-electron chi connectivity index (χ0n) is 13.1. The molecule has 2 aromatic carbocycles. The first-order valence-electron chi connectivity index (χ1n) is 7.42. The molecular weight excluding hydrogens is 310 g/mol. The Balaban J connectivity index is 2.01. The van der Waals surface area contributed by atoms with Crippen molar-refractivity contribution >= 4 is 10.0 Å². The number of aryl methyl sites for hydroxylation is 1. The summed E-state index contributed by atoms with van der Waals surface area (Å²) in [4.78, 5) is 0.312. The van der Waals surface area contributed by atoms with Gasteiger partial charge in [0.2, 0.25) is 10.0 Å². The predicted molar refractivity (Wildman–Crippen MR) is 89.9 cm³/mol. The van der Waals surface area contributed by atoms with Crippen molar-refractivity contribution in [2.24, 2.45) is 0 Å². The van der Waals surface area contributed by atoms with Crippen LogP contribution in [-0.2, 0) is 10.0 Å². The highest BCUT2D eigenvalue weighted by Gasteiger charge is 2.34. The molecule has 0 aliphatic carbocycles. The van der Waals surface area contributed by atoms with Crippen molar-refractivity contribution in [3.63, 3.8) is 0 Å². The molecular formula is C18H19NO3S. The van der Waals surface area contributed by atoms with Gasteiger partial charge < -0.3 is 4.74 Å². The summed E-state index contributed by atoms with van der Waals surface area (Å²) in [6.45, 7) is 2.30. The second-order valence-corrected chi connectivity index (χ2v) is 7.39. The Bertz CT molecular complexity index is 826. The smallest absolute Gasteiger partial charge is 0.244 e. The Labute approximate surface area is 137 Å². The van der Waals surface area contributed by atoms with Gasteiger partial charge in [-0.25, -0.2) is 8.42 Å². The minimum Gasteiger partial charge on any atom is -0.496 e. The fourth-order valence-corrected chi connectivity index (χ4v) is 4.28. The molecule has 1 heterocycles. The maximum absolute atomic E-state index is 13.0. The lowest BCUT2D eigenvalue weighted by Crippen LogP contribution is -2.31. The Kier molecular flexibility index (Phi) is 4.24. The lowest BCUT2D eigenvalue weighted by molar-refractivity contribution is 0.380. The summed E-state index contributed by atoms with van der Waals surface area (Å²) in [7, 11) is -1.97. The number of rotatable bonds is 4. The van der Waals surface area contributed by atoms with Crippen molar-refractivity contribution in [1.82, 2.24) is 4.31 Å². The van der Waals surface area contributed by atoms with Crippen molar-refractivity contribution in [1.29, 1.82) is 0 Å². The molecule has 0 aromatic heterocycles. The molecule has 5 heteroatoms. The average molecular weight is 329 g/mol. The topological polar surface area (TPSA) is 46.6 Å². The highest BCUT2D eigenvalue weighted by atomic mass is 32.2. The maximum Gasteiger partial charge on any atom is 0.244 e. The molecule has 2 aromatic rings. The quantitative estimate of drug-likeness (QED) is 0.809. The molecule has 1 unspecified atom stereocenters. The van der Waals surface area contributed by atoms with E-state index in [2.05, 4.69) is 0 Å². The van der Waals surface area contributed by atoms with E-state index in [9.17, 15) is 8.42 Å². The van der Waals surface area contributed by atoms with Crippen LogP contribution in [0.4, 0.5) is 0 Å². The molecule has 1 aliphatic heterocycles. The molecule has 4 nitrogen and oxygen atoms in total. The first-order valence-corrected chi connectivity index (χ1v) is 8.86. The summed E-state index contributed by atoms with van der Waals surface area (Å²) in [6.07, 6.45) is 3.78. The molecule has 0 fully saturated rings. The number of hydrogen-bond acceptors (Lipinski definition) is 3. The Morgan fingerprint density at radius 3 is 2.48 bits per heavy atom. The minimum absolute atomic E-state index is 0.312. The van der Waals surface area contributed by atoms with E-state index in [1.54, 1.807) is 19.2 Å². The Morgan fingerprint density at radius 1 is 1.09 bits per heavy atom. The lowest BCUT2D eigenvalue weighted by atomic mass is 10.1. The number of hydrogen-bond donors (Lipinski definition) is 0. The largest absolute Gasteiger partial charge is 0.496 e. The minimum atomic E-state index is -3.56. The van der Waals surface area contributed by atoms with Crippen LogP contribution in [0.1, 0.15) is 17.2 Å². The number of ether oxygens (including phenoxy) is 1. The van der Waals surface area contributed by atoms with Crippen LogP contribution in [0.2, 0.25) is 0 Å². The van der Waals surface area contributed by atoms with Gasteiger partial charge in [-0.3, -0.25) is 0 Å². The van der Waals surface area contributed by atoms with E-state index in [1.807, 2.05) is 55.5 Å². The molecule has 0 bridgehead atoms. The molecule has 0 saturated carbocycles. The van der Waals surface area contributed by atoms with Crippen LogP contribution in [-0.4, -0.2) is 26.4 Å². The molecule has 0 spiro atoms. The molecule has 1 atom stereocenters. The third-order valence-corrected chi connectivity index (χ3v) is 5.86. The van der Waals surface area contributed by atoms with Crippen molar-refractivity contribution in [3.05, 3.63) is 71.8 Å². The molecule has 0 saturated heterocycles. The van der Waals surface area contributed by atoms with E-state index in [0.717, 1.165) is 11.1 Å². The van der Waals surface area contributed by atoms with Crippen LogP contribution in [0.15, 0.2) is 65.6 Å². The third kappa shape index (κ3) is 2.90. The fourth-order valence-electron chi connectivity index (χ4n) is 2.77. The zero-order valence-corrected chi connectivity index (χ0v) is 14.0. The normalized spacial score (nSPS) is 18.3. The van der Waals surface area contributed by atoms with E-state index in [-0.39, 0.29) is 6.04 Å². The summed E-state index contributed by atoms with van der Waals surface area (Å²) in [5, 5.41) is 0. The Morgan fingerprint density at radius 2 is 1.78 bits per heavy atom. The number of nitrogens with zero attached hydrogens (tertiary/aromatic N) is 1. The van der Waals surface area contributed by atoms with Crippen molar-refractivity contribution in [2.75, 3.05) is 13.7 Å². The highest BCUT2D eigenvalue weighted by molar-refractivity contribution is 7.89. The van der Waals surface area contributed by atoms with E-state index in [1.165, 1.54) is 4.31 Å². The first kappa shape index (κ1) is 15.8. The third-order valence-electron chi connectivity index (χ3n) is 4.00. The van der Waals surface area contributed by atoms with Gasteiger partial charge >= 0.3 is 0 Å². The van der Waals surface area contributed by atoms with Gasteiger partial charge in [0.15, 0.2) is 0 Å². The number of sulfonamides is 1. The van der Waals surface area contributed by atoms with Gasteiger partial charge in [-0.1, -0.05) is 48.0 Å². The standard InChI is InChI=1S/C18H19NO3S/c1-14-9-11-15(12-10-14)23(20,21)19-13-5-7-17(19)16-6-3-4-8-18(16)22-2/h3-12,17H,13H2,1-2H3. The predicted octanol–water partition coefficient (Wildman–Crippen LogP) is 3.31. The van der Waals surface area contributed by atoms with Crippen LogP contribution >= 0.6 is 0 Å². The summed E-state index contributed by atoms with van der Waals surface area (Å²) < 4.78 is 32.8. The highest BCUT2D eigenvalue weighted by Crippen LogP contribution is 2.36. The average Bonchev–Trinajstić information content (AvgIpc) is 3.05. The van der Waals surface area contributed by atoms with Gasteiger partial charge in [0.25, 0.3) is 0 Å². The summed E-state index contributed by atoms with van der Waals surface area (Å²) in [5.74, 6) is 0.688. The van der Waals surface area contributed by atoms with Crippen molar-refractivity contribution < 1.29 is 13.2 Å². The molecule has 23 heavy (non-hydrogen) atoms. The second kappa shape index (κ2) is 6.18. The van der Waals surface area contributed by atoms with E-state index < -0.39 is 10.0 Å². The lowest BCUT2D eigenvalue weighted by Gasteiger charge is -2.25. The molecule has 1 aliphatic rings. The van der Waals surface area contributed by atoms with Crippen LogP contribution in [0.25, 0.3) is 0 Å². The van der Waals surface area contributed by atoms with Crippen LogP contribution in [0, 0.1) is 6.92 Å². The van der Waals surface area contributed by atoms with E-state index in [4.69, 9.17) is 4.74 Å². The van der Waals surface area contributed by atoms with Gasteiger partial charge in [0.05, 0.1) is 18.0 Å². The van der Waals surface area contributed by atoms with Gasteiger partial charge in [-0.05, 0) is 25.1 Å². The molecule has 120 valence electrons. The van der Waals surface area contributed by atoms with E-state index >= 15 is 0 Å². The van der Waals surface area contributed by atoms with Crippen LogP contribution < -0.4 is 4.74 Å². The van der Waals surface area contributed by atoms with Gasteiger partial charge in [0, 0.05) is 12.1 Å². The first-order chi connectivity index (χ1) is 11.0. The summed E-state index contributed by atoms with van der Waals surface area (Å²) in [6, 6.07) is 14.1. The number of para-hydroxylation sites is 1. The molecule has 0 amide bonds. The van der Waals surface area contributed by atoms with Crippen LogP contribution in [0.5, 0.6) is 5.75 Å². The second-order valence-electron chi connectivity index (χ2n) is 5.50. The maximum atomic E-state index is 13.0.